The lowest BCUT2D eigenvalue weighted by Gasteiger charge is -1.98. The summed E-state index contributed by atoms with van der Waals surface area (Å²) < 4.78 is 4.39. The van der Waals surface area contributed by atoms with Crippen LogP contribution < -0.4 is 0 Å². The zero-order valence-corrected chi connectivity index (χ0v) is 7.21. The van der Waals surface area contributed by atoms with Crippen molar-refractivity contribution < 1.29 is 14.3 Å². The molecule has 3 nitrogen and oxygen atoms in total. The van der Waals surface area contributed by atoms with Crippen molar-refractivity contribution in [2.45, 2.75) is 25.7 Å². The summed E-state index contributed by atoms with van der Waals surface area (Å²) in [6.07, 6.45) is 10.5. The van der Waals surface area contributed by atoms with Crippen LogP contribution in [0.5, 0.6) is 0 Å². The summed E-state index contributed by atoms with van der Waals surface area (Å²) in [6, 6.07) is 0. The molecular formula is C10H10O3. The second-order valence-electron chi connectivity index (χ2n) is 2.25. The maximum absolute atomic E-state index is 10.8. The van der Waals surface area contributed by atoms with Crippen molar-refractivity contribution >= 4 is 11.9 Å². The molecule has 0 N–H and O–H groups in total. The number of terminal acetylenes is 2. The summed E-state index contributed by atoms with van der Waals surface area (Å²) in [5.74, 6) is 3.35. The molecule has 0 aliphatic carbocycles. The molecule has 0 rings (SSSR count). The number of carbonyl (C=O) groups is 2. The molecule has 0 unspecified atom stereocenters. The summed E-state index contributed by atoms with van der Waals surface area (Å²) in [7, 11) is 0. The van der Waals surface area contributed by atoms with Crippen molar-refractivity contribution in [2.75, 3.05) is 0 Å². The largest absolute Gasteiger partial charge is 0.393 e. The van der Waals surface area contributed by atoms with Gasteiger partial charge >= 0.3 is 11.9 Å². The Morgan fingerprint density at radius 2 is 1.38 bits per heavy atom. The van der Waals surface area contributed by atoms with Crippen LogP contribution in [0.25, 0.3) is 0 Å². The molecule has 68 valence electrons. The van der Waals surface area contributed by atoms with E-state index in [2.05, 4.69) is 16.6 Å². The third-order valence-corrected chi connectivity index (χ3v) is 1.17. The predicted octanol–water partition coefficient (Wildman–Crippen LogP) is 0.883. The molecule has 3 heteroatoms. The summed E-state index contributed by atoms with van der Waals surface area (Å²) in [5.41, 5.74) is 0. The van der Waals surface area contributed by atoms with E-state index in [1.807, 2.05) is 0 Å². The second-order valence-corrected chi connectivity index (χ2v) is 2.25. The van der Waals surface area contributed by atoms with Gasteiger partial charge in [-0.15, -0.1) is 24.7 Å². The first-order chi connectivity index (χ1) is 6.20. The van der Waals surface area contributed by atoms with E-state index in [4.69, 9.17) is 12.8 Å². The molecule has 0 heterocycles. The summed E-state index contributed by atoms with van der Waals surface area (Å²) >= 11 is 0. The molecule has 0 spiro atoms. The highest BCUT2D eigenvalue weighted by Crippen LogP contribution is 1.96. The van der Waals surface area contributed by atoms with E-state index in [0.29, 0.717) is 0 Å². The molecule has 13 heavy (non-hydrogen) atoms. The Bertz CT molecular complexity index is 237. The minimum Gasteiger partial charge on any atom is -0.393 e. The maximum atomic E-state index is 10.8. The number of hydrogen-bond acceptors (Lipinski definition) is 3. The molecule has 0 atom stereocenters. The number of esters is 2. The van der Waals surface area contributed by atoms with Crippen LogP contribution in [0.15, 0.2) is 0 Å². The van der Waals surface area contributed by atoms with Crippen LogP contribution in [-0.4, -0.2) is 11.9 Å². The SMILES string of the molecule is C#CCCC(=O)OC(=O)CCC#C. The molecule has 0 amide bonds. The van der Waals surface area contributed by atoms with Gasteiger partial charge in [-0.3, -0.25) is 9.59 Å². The van der Waals surface area contributed by atoms with Crippen LogP contribution in [0.4, 0.5) is 0 Å². The van der Waals surface area contributed by atoms with E-state index in [0.717, 1.165) is 0 Å². The number of ether oxygens (including phenoxy) is 1. The number of rotatable bonds is 4. The van der Waals surface area contributed by atoms with E-state index >= 15 is 0 Å². The van der Waals surface area contributed by atoms with Crippen LogP contribution >= 0.6 is 0 Å². The molecular weight excluding hydrogens is 168 g/mol. The topological polar surface area (TPSA) is 43.4 Å². The van der Waals surface area contributed by atoms with Gasteiger partial charge in [-0.1, -0.05) is 0 Å². The Kier molecular flexibility index (Phi) is 6.01. The summed E-state index contributed by atoms with van der Waals surface area (Å²) in [4.78, 5) is 21.6. The lowest BCUT2D eigenvalue weighted by molar-refractivity contribution is -0.159. The first-order valence-corrected chi connectivity index (χ1v) is 3.81. The fraction of sp³-hybridized carbons (Fsp3) is 0.400. The molecule has 0 saturated carbocycles. The Morgan fingerprint density at radius 3 is 1.69 bits per heavy atom. The van der Waals surface area contributed by atoms with Gasteiger partial charge < -0.3 is 4.74 Å². The van der Waals surface area contributed by atoms with Gasteiger partial charge in [0.1, 0.15) is 0 Å². The predicted molar refractivity (Wildman–Crippen MR) is 47.2 cm³/mol. The molecule has 0 saturated heterocycles. The molecule has 0 aromatic heterocycles. The van der Waals surface area contributed by atoms with Crippen molar-refractivity contribution in [1.29, 1.82) is 0 Å². The smallest absolute Gasteiger partial charge is 0.314 e. The minimum absolute atomic E-state index is 0.0678. The first kappa shape index (κ1) is 11.3. The van der Waals surface area contributed by atoms with Crippen molar-refractivity contribution in [3.05, 3.63) is 0 Å². The first-order valence-electron chi connectivity index (χ1n) is 3.81. The van der Waals surface area contributed by atoms with Crippen LogP contribution in [0.3, 0.4) is 0 Å². The van der Waals surface area contributed by atoms with Crippen molar-refractivity contribution in [3.63, 3.8) is 0 Å². The normalized spacial score (nSPS) is 8.15. The van der Waals surface area contributed by atoms with E-state index < -0.39 is 11.9 Å². The zero-order valence-electron chi connectivity index (χ0n) is 7.21. The van der Waals surface area contributed by atoms with Gasteiger partial charge in [0.25, 0.3) is 0 Å². The average molecular weight is 178 g/mol. The molecule has 0 bridgehead atoms. The Morgan fingerprint density at radius 1 is 1.00 bits per heavy atom. The van der Waals surface area contributed by atoms with Gasteiger partial charge in [0.05, 0.1) is 12.8 Å². The molecule has 0 radical (unpaired) electrons. The Hall–Kier alpha value is -1.74. The monoisotopic (exact) mass is 178 g/mol. The summed E-state index contributed by atoms with van der Waals surface area (Å²) in [5, 5.41) is 0. The van der Waals surface area contributed by atoms with Gasteiger partial charge in [-0.05, 0) is 0 Å². The number of hydrogen-bond donors (Lipinski definition) is 0. The number of carbonyl (C=O) groups excluding carboxylic acids is 2. The van der Waals surface area contributed by atoms with Gasteiger partial charge in [0.2, 0.25) is 0 Å². The molecule has 0 aromatic carbocycles. The quantitative estimate of drug-likeness (QED) is 0.364. The highest BCUT2D eigenvalue weighted by atomic mass is 16.6. The van der Waals surface area contributed by atoms with Crippen molar-refractivity contribution in [3.8, 4) is 24.7 Å². The maximum Gasteiger partial charge on any atom is 0.314 e. The van der Waals surface area contributed by atoms with Crippen molar-refractivity contribution in [1.82, 2.24) is 0 Å². The lowest BCUT2D eigenvalue weighted by Crippen LogP contribution is -2.11. The Labute approximate surface area is 77.5 Å². The Balaban J connectivity index is 3.62. The molecule has 0 aliphatic heterocycles. The highest BCUT2D eigenvalue weighted by Gasteiger charge is 2.08. The van der Waals surface area contributed by atoms with E-state index in [-0.39, 0.29) is 25.7 Å². The third-order valence-electron chi connectivity index (χ3n) is 1.17. The fourth-order valence-corrected chi connectivity index (χ4v) is 0.577. The van der Waals surface area contributed by atoms with Gasteiger partial charge in [-0.2, -0.15) is 0 Å². The summed E-state index contributed by atoms with van der Waals surface area (Å²) in [6.45, 7) is 0. The van der Waals surface area contributed by atoms with E-state index in [1.54, 1.807) is 0 Å². The zero-order chi connectivity index (χ0) is 10.1. The third kappa shape index (κ3) is 6.65. The minimum atomic E-state index is -0.597. The van der Waals surface area contributed by atoms with Gasteiger partial charge in [-0.25, -0.2) is 0 Å². The van der Waals surface area contributed by atoms with Crippen LogP contribution in [-0.2, 0) is 14.3 Å². The molecule has 0 fully saturated rings. The van der Waals surface area contributed by atoms with Crippen LogP contribution in [0.1, 0.15) is 25.7 Å². The van der Waals surface area contributed by atoms with Gasteiger partial charge in [0, 0.05) is 12.8 Å². The van der Waals surface area contributed by atoms with Crippen LogP contribution in [0, 0.1) is 24.7 Å². The van der Waals surface area contributed by atoms with Gasteiger partial charge in [0.15, 0.2) is 0 Å². The fourth-order valence-electron chi connectivity index (χ4n) is 0.577. The van der Waals surface area contributed by atoms with Crippen LogP contribution in [0.2, 0.25) is 0 Å². The lowest BCUT2D eigenvalue weighted by atomic mass is 10.3. The molecule has 0 aromatic rings. The second kappa shape index (κ2) is 6.94. The average Bonchev–Trinajstić information content (AvgIpc) is 2.11. The van der Waals surface area contributed by atoms with E-state index in [1.165, 1.54) is 0 Å². The molecule has 0 aliphatic rings. The standard InChI is InChI=1S/C10H10O3/c1-3-5-7-9(11)13-10(12)8-6-4-2/h1-2H,5-8H2. The van der Waals surface area contributed by atoms with Crippen molar-refractivity contribution in [2.24, 2.45) is 0 Å². The van der Waals surface area contributed by atoms with E-state index in [9.17, 15) is 9.59 Å². The highest BCUT2D eigenvalue weighted by molar-refractivity contribution is 5.85.